The predicted octanol–water partition coefficient (Wildman–Crippen LogP) is 18.0. The molecule has 0 saturated heterocycles. The Labute approximate surface area is 371 Å². The summed E-state index contributed by atoms with van der Waals surface area (Å²) >= 11 is 1.90. The number of rotatable bonds is 7. The van der Waals surface area contributed by atoms with E-state index in [4.69, 9.17) is 0 Å². The van der Waals surface area contributed by atoms with Crippen molar-refractivity contribution in [2.75, 3.05) is 0 Å². The van der Waals surface area contributed by atoms with Crippen molar-refractivity contribution in [1.29, 1.82) is 0 Å². The topological polar surface area (TPSA) is 0 Å². The SMILES string of the molecule is c1ccc(-c2cc(-c3ccccc3)cc(-c3cc(-c4cc5ccccc5c5ccccc45)cc(-c4cc(-c5ccccc5)cc5c4sc4ccc(-c6ccccc6)cc45)c3)c2)cc1. The normalized spacial score (nSPS) is 11.5. The molecule has 0 bridgehead atoms. The molecule has 0 amide bonds. The van der Waals surface area contributed by atoms with Crippen LogP contribution >= 0.6 is 11.3 Å². The molecule has 12 aromatic rings. The molecule has 63 heavy (non-hydrogen) atoms. The average Bonchev–Trinajstić information content (AvgIpc) is 3.74. The summed E-state index contributed by atoms with van der Waals surface area (Å²) in [6.07, 6.45) is 0. The van der Waals surface area contributed by atoms with E-state index in [0.29, 0.717) is 0 Å². The number of thiophene rings is 1. The van der Waals surface area contributed by atoms with Crippen molar-refractivity contribution in [2.45, 2.75) is 0 Å². The van der Waals surface area contributed by atoms with Crippen molar-refractivity contribution in [3.63, 3.8) is 0 Å². The number of hydrogen-bond donors (Lipinski definition) is 0. The predicted molar refractivity (Wildman–Crippen MR) is 272 cm³/mol. The largest absolute Gasteiger partial charge is 0.135 e. The maximum atomic E-state index is 2.45. The molecule has 0 aliphatic rings. The lowest BCUT2D eigenvalue weighted by Gasteiger charge is -2.17. The van der Waals surface area contributed by atoms with E-state index in [1.807, 2.05) is 11.3 Å². The third-order valence-corrected chi connectivity index (χ3v) is 13.8. The first kappa shape index (κ1) is 37.0. The van der Waals surface area contributed by atoms with Gasteiger partial charge in [0.1, 0.15) is 0 Å². The van der Waals surface area contributed by atoms with E-state index in [1.165, 1.54) is 120 Å². The highest BCUT2D eigenvalue weighted by Gasteiger charge is 2.19. The van der Waals surface area contributed by atoms with Crippen LogP contribution in [-0.2, 0) is 0 Å². The minimum absolute atomic E-state index is 1.18. The van der Waals surface area contributed by atoms with Crippen molar-refractivity contribution in [2.24, 2.45) is 0 Å². The molecule has 0 atom stereocenters. The molecule has 0 spiro atoms. The van der Waals surface area contributed by atoms with E-state index < -0.39 is 0 Å². The molecular formula is C62H40S. The summed E-state index contributed by atoms with van der Waals surface area (Å²) in [5.74, 6) is 0. The van der Waals surface area contributed by atoms with Gasteiger partial charge in [-0.25, -0.2) is 0 Å². The molecule has 0 aliphatic carbocycles. The summed E-state index contributed by atoms with van der Waals surface area (Å²) in [6, 6.07) is 89.5. The van der Waals surface area contributed by atoms with Crippen LogP contribution in [0.3, 0.4) is 0 Å². The van der Waals surface area contributed by atoms with Gasteiger partial charge in [-0.3, -0.25) is 0 Å². The van der Waals surface area contributed by atoms with Gasteiger partial charge in [0.25, 0.3) is 0 Å². The van der Waals surface area contributed by atoms with Gasteiger partial charge in [0.2, 0.25) is 0 Å². The lowest BCUT2D eigenvalue weighted by atomic mass is 9.87. The van der Waals surface area contributed by atoms with Crippen LogP contribution in [0.1, 0.15) is 0 Å². The first-order valence-electron chi connectivity index (χ1n) is 21.6. The van der Waals surface area contributed by atoms with Crippen LogP contribution in [0.15, 0.2) is 243 Å². The Morgan fingerprint density at radius 1 is 0.206 bits per heavy atom. The molecule has 0 fully saturated rings. The van der Waals surface area contributed by atoms with Crippen LogP contribution in [0, 0.1) is 0 Å². The quantitative estimate of drug-likeness (QED) is 0.141. The Bertz CT molecular complexity index is 3580. The molecule has 11 aromatic carbocycles. The lowest BCUT2D eigenvalue weighted by Crippen LogP contribution is -1.91. The smallest absolute Gasteiger partial charge is 0.0434 e. The fraction of sp³-hybridized carbons (Fsp3) is 0. The Balaban J connectivity index is 1.17. The second kappa shape index (κ2) is 15.6. The molecule has 0 aliphatic heterocycles. The summed E-state index contributed by atoms with van der Waals surface area (Å²) in [5, 5.41) is 7.60. The molecule has 1 heterocycles. The molecular weight excluding hydrogens is 777 g/mol. The van der Waals surface area contributed by atoms with Gasteiger partial charge in [-0.2, -0.15) is 0 Å². The number of fused-ring (bicyclic) bond motifs is 6. The Morgan fingerprint density at radius 2 is 0.619 bits per heavy atom. The third-order valence-electron chi connectivity index (χ3n) is 12.6. The van der Waals surface area contributed by atoms with Gasteiger partial charge < -0.3 is 0 Å². The second-order valence-corrected chi connectivity index (χ2v) is 17.5. The Morgan fingerprint density at radius 3 is 1.21 bits per heavy atom. The highest BCUT2D eigenvalue weighted by molar-refractivity contribution is 7.26. The van der Waals surface area contributed by atoms with Crippen LogP contribution in [0.4, 0.5) is 0 Å². The van der Waals surface area contributed by atoms with E-state index in [-0.39, 0.29) is 0 Å². The van der Waals surface area contributed by atoms with Gasteiger partial charge in [0.05, 0.1) is 0 Å². The number of benzene rings is 11. The monoisotopic (exact) mass is 816 g/mol. The van der Waals surface area contributed by atoms with Crippen molar-refractivity contribution in [1.82, 2.24) is 0 Å². The fourth-order valence-electron chi connectivity index (χ4n) is 9.49. The summed E-state index contributed by atoms with van der Waals surface area (Å²) in [5.41, 5.74) is 16.9. The zero-order valence-electron chi connectivity index (χ0n) is 34.5. The maximum Gasteiger partial charge on any atom is 0.0434 e. The summed E-state index contributed by atoms with van der Waals surface area (Å²) in [4.78, 5) is 0. The number of hydrogen-bond acceptors (Lipinski definition) is 1. The van der Waals surface area contributed by atoms with E-state index in [1.54, 1.807) is 0 Å². The molecule has 0 N–H and O–H groups in total. The fourth-order valence-corrected chi connectivity index (χ4v) is 10.7. The van der Waals surface area contributed by atoms with E-state index in [9.17, 15) is 0 Å². The molecule has 0 radical (unpaired) electrons. The zero-order valence-corrected chi connectivity index (χ0v) is 35.3. The molecule has 1 heteroatoms. The van der Waals surface area contributed by atoms with Crippen molar-refractivity contribution in [3.05, 3.63) is 243 Å². The molecule has 0 unspecified atom stereocenters. The van der Waals surface area contributed by atoms with Gasteiger partial charge in [-0.1, -0.05) is 176 Å². The van der Waals surface area contributed by atoms with Gasteiger partial charge >= 0.3 is 0 Å². The van der Waals surface area contributed by atoms with Gasteiger partial charge in [-0.05, 0) is 161 Å². The van der Waals surface area contributed by atoms with E-state index >= 15 is 0 Å². The third kappa shape index (κ3) is 6.80. The van der Waals surface area contributed by atoms with Gasteiger partial charge in [0.15, 0.2) is 0 Å². The van der Waals surface area contributed by atoms with Crippen LogP contribution in [0.5, 0.6) is 0 Å². The Kier molecular flexibility index (Phi) is 9.13. The highest BCUT2D eigenvalue weighted by Crippen LogP contribution is 2.47. The van der Waals surface area contributed by atoms with Gasteiger partial charge in [-0.15, -0.1) is 11.3 Å². The molecule has 294 valence electrons. The minimum atomic E-state index is 1.18. The summed E-state index contributed by atoms with van der Waals surface area (Å²) < 4.78 is 2.58. The molecule has 12 rings (SSSR count). The minimum Gasteiger partial charge on any atom is -0.135 e. The van der Waals surface area contributed by atoms with Crippen molar-refractivity contribution in [3.8, 4) is 77.9 Å². The van der Waals surface area contributed by atoms with E-state index in [0.717, 1.165) is 0 Å². The van der Waals surface area contributed by atoms with Crippen LogP contribution in [0.2, 0.25) is 0 Å². The summed E-state index contributed by atoms with van der Waals surface area (Å²) in [6.45, 7) is 0. The Hall–Kier alpha value is -7.84. The average molecular weight is 817 g/mol. The van der Waals surface area contributed by atoms with Crippen molar-refractivity contribution >= 4 is 53.1 Å². The zero-order chi connectivity index (χ0) is 41.7. The lowest BCUT2D eigenvalue weighted by molar-refractivity contribution is 1.56. The highest BCUT2D eigenvalue weighted by atomic mass is 32.1. The molecule has 1 aromatic heterocycles. The first-order valence-corrected chi connectivity index (χ1v) is 22.5. The standard InChI is InChI=1S/C62H40S/c1-5-17-41(18-6-1)45-29-30-61-59(37-45)60-40-51(44-23-11-4-12-24-44)39-58(62(60)63-61)53-35-50(34-52(36-53)57-38-46-25-13-14-26-54(46)55-27-15-16-28-56(55)57)49-32-47(42-19-7-2-8-20-42)31-48(33-49)43-21-9-3-10-22-43/h1-40H. The van der Waals surface area contributed by atoms with Crippen LogP contribution in [0.25, 0.3) is 120 Å². The van der Waals surface area contributed by atoms with Gasteiger partial charge in [0, 0.05) is 25.7 Å². The van der Waals surface area contributed by atoms with E-state index in [2.05, 4.69) is 243 Å². The second-order valence-electron chi connectivity index (χ2n) is 16.5. The van der Waals surface area contributed by atoms with Crippen LogP contribution in [-0.4, -0.2) is 0 Å². The van der Waals surface area contributed by atoms with Crippen molar-refractivity contribution < 1.29 is 0 Å². The molecule has 0 saturated carbocycles. The maximum absolute atomic E-state index is 2.45. The first-order chi connectivity index (χ1) is 31.2. The molecule has 0 nitrogen and oxygen atoms in total. The summed E-state index contributed by atoms with van der Waals surface area (Å²) in [7, 11) is 0. The van der Waals surface area contributed by atoms with Crippen LogP contribution < -0.4 is 0 Å².